The number of rotatable bonds is 7. The summed E-state index contributed by atoms with van der Waals surface area (Å²) in [5, 5.41) is 15.7. The quantitative estimate of drug-likeness (QED) is 0.372. The molecule has 36 heavy (non-hydrogen) atoms. The highest BCUT2D eigenvalue weighted by molar-refractivity contribution is 5.82. The van der Waals surface area contributed by atoms with Gasteiger partial charge in [0.2, 0.25) is 5.82 Å². The zero-order valence-corrected chi connectivity index (χ0v) is 19.0. The predicted octanol–water partition coefficient (Wildman–Crippen LogP) is 3.94. The number of tetrazole rings is 1. The van der Waals surface area contributed by atoms with Gasteiger partial charge in [-0.3, -0.25) is 4.79 Å². The normalized spacial score (nSPS) is 11.1. The second-order valence-electron chi connectivity index (χ2n) is 8.15. The van der Waals surface area contributed by atoms with Gasteiger partial charge in [-0.05, 0) is 47.2 Å². The molecule has 176 valence electrons. The molecular weight excluding hydrogens is 456 g/mol. The summed E-state index contributed by atoms with van der Waals surface area (Å²) in [5.41, 5.74) is 3.27. The fraction of sp³-hybridized carbons (Fsp3) is 0.0741. The van der Waals surface area contributed by atoms with E-state index in [1.165, 1.54) is 4.73 Å². The minimum atomic E-state index is -0.363. The number of nitrogens with zero attached hydrogens (tertiary/aromatic N) is 5. The third kappa shape index (κ3) is 4.25. The van der Waals surface area contributed by atoms with Crippen LogP contribution in [0.3, 0.4) is 0 Å². The van der Waals surface area contributed by atoms with Crippen molar-refractivity contribution in [1.29, 1.82) is 0 Å². The third-order valence-electron chi connectivity index (χ3n) is 5.78. The molecule has 0 amide bonds. The Morgan fingerprint density at radius 2 is 1.64 bits per heavy atom. The van der Waals surface area contributed by atoms with Crippen LogP contribution in [-0.4, -0.2) is 30.3 Å². The largest absolute Gasteiger partial charge is 0.487 e. The maximum absolute atomic E-state index is 13.1. The van der Waals surface area contributed by atoms with Crippen LogP contribution >= 0.6 is 0 Å². The van der Waals surface area contributed by atoms with Gasteiger partial charge in [0, 0.05) is 10.8 Å². The van der Waals surface area contributed by atoms with E-state index >= 15 is 0 Å². The molecule has 0 saturated heterocycles. The van der Waals surface area contributed by atoms with E-state index in [1.54, 1.807) is 6.07 Å². The first-order valence-corrected chi connectivity index (χ1v) is 11.3. The minimum absolute atomic E-state index is 0.187. The number of aromatic amines is 1. The third-order valence-corrected chi connectivity index (χ3v) is 5.78. The highest BCUT2D eigenvalue weighted by atomic mass is 16.7. The molecule has 0 bridgehead atoms. The van der Waals surface area contributed by atoms with Crippen LogP contribution in [0.2, 0.25) is 0 Å². The number of pyridine rings is 2. The molecule has 6 rings (SSSR count). The summed E-state index contributed by atoms with van der Waals surface area (Å²) in [4.78, 5) is 23.7. The van der Waals surface area contributed by atoms with Gasteiger partial charge in [0.05, 0.1) is 22.3 Å². The molecule has 9 nitrogen and oxygen atoms in total. The van der Waals surface area contributed by atoms with E-state index in [1.807, 2.05) is 84.9 Å². The van der Waals surface area contributed by atoms with Crippen LogP contribution in [0, 0.1) is 0 Å². The maximum Gasteiger partial charge on any atom is 0.294 e. The monoisotopic (exact) mass is 476 g/mol. The first kappa shape index (κ1) is 21.5. The molecule has 0 aliphatic rings. The molecule has 0 unspecified atom stereocenters. The first-order chi connectivity index (χ1) is 17.7. The summed E-state index contributed by atoms with van der Waals surface area (Å²) >= 11 is 0. The molecule has 0 aliphatic heterocycles. The smallest absolute Gasteiger partial charge is 0.294 e. The van der Waals surface area contributed by atoms with Crippen molar-refractivity contribution in [3.63, 3.8) is 0 Å². The second-order valence-corrected chi connectivity index (χ2v) is 8.15. The molecule has 3 aromatic carbocycles. The van der Waals surface area contributed by atoms with Gasteiger partial charge >= 0.3 is 0 Å². The summed E-state index contributed by atoms with van der Waals surface area (Å²) < 4.78 is 7.19. The SMILES string of the molecule is O=c1c(-c2nn[nH]n2)cc2ccccc2n1OCc1ccc(OCc2ccc3ccccc3n2)cc1. The average molecular weight is 476 g/mol. The molecule has 0 radical (unpaired) electrons. The van der Waals surface area contributed by atoms with Crippen LogP contribution < -0.4 is 15.1 Å². The highest BCUT2D eigenvalue weighted by Gasteiger charge is 2.15. The standard InChI is InChI=1S/C27H20N6O3/c34-27-23(26-29-31-32-30-26)15-20-6-2-4-8-25(20)33(27)36-16-18-9-13-22(14-10-18)35-17-21-12-11-19-5-1-3-7-24(19)28-21/h1-15H,16-17H2,(H,29,30,31,32). The van der Waals surface area contributed by atoms with E-state index in [2.05, 4.69) is 25.6 Å². The number of fused-ring (bicyclic) bond motifs is 2. The first-order valence-electron chi connectivity index (χ1n) is 11.3. The van der Waals surface area contributed by atoms with Crippen LogP contribution in [0.1, 0.15) is 11.3 Å². The van der Waals surface area contributed by atoms with Crippen LogP contribution in [0.5, 0.6) is 5.75 Å². The molecule has 6 aromatic rings. The molecule has 1 N–H and O–H groups in total. The summed E-state index contributed by atoms with van der Waals surface area (Å²) in [6.45, 7) is 0.553. The highest BCUT2D eigenvalue weighted by Crippen LogP contribution is 2.19. The zero-order valence-electron chi connectivity index (χ0n) is 19.0. The van der Waals surface area contributed by atoms with Crippen molar-refractivity contribution in [3.8, 4) is 17.1 Å². The van der Waals surface area contributed by atoms with E-state index in [4.69, 9.17) is 9.57 Å². The molecular formula is C27H20N6O3. The van der Waals surface area contributed by atoms with Crippen LogP contribution in [-0.2, 0) is 13.2 Å². The second kappa shape index (κ2) is 9.30. The molecule has 0 fully saturated rings. The number of aromatic nitrogens is 6. The van der Waals surface area contributed by atoms with Gasteiger partial charge < -0.3 is 9.57 Å². The van der Waals surface area contributed by atoms with Gasteiger partial charge in [-0.1, -0.05) is 54.6 Å². The van der Waals surface area contributed by atoms with Gasteiger partial charge in [0.15, 0.2) is 0 Å². The van der Waals surface area contributed by atoms with Gasteiger partial charge in [0.25, 0.3) is 5.56 Å². The van der Waals surface area contributed by atoms with Gasteiger partial charge in [-0.25, -0.2) is 4.98 Å². The summed E-state index contributed by atoms with van der Waals surface area (Å²) in [6, 6.07) is 28.7. The lowest BCUT2D eigenvalue weighted by Gasteiger charge is -2.13. The number of H-pyrrole nitrogens is 1. The molecule has 3 heterocycles. The fourth-order valence-electron chi connectivity index (χ4n) is 3.96. The van der Waals surface area contributed by atoms with Crippen molar-refractivity contribution in [3.05, 3.63) is 113 Å². The molecule has 0 atom stereocenters. The average Bonchev–Trinajstić information content (AvgIpc) is 3.46. The van der Waals surface area contributed by atoms with Crippen molar-refractivity contribution in [2.45, 2.75) is 13.2 Å². The summed E-state index contributed by atoms with van der Waals surface area (Å²) in [5.74, 6) is 0.931. The number of ether oxygens (including phenoxy) is 1. The zero-order chi connectivity index (χ0) is 24.3. The van der Waals surface area contributed by atoms with Crippen molar-refractivity contribution in [1.82, 2.24) is 30.3 Å². The van der Waals surface area contributed by atoms with E-state index in [9.17, 15) is 4.79 Å². The number of para-hydroxylation sites is 2. The molecule has 9 heteroatoms. The number of benzene rings is 3. The molecule has 3 aromatic heterocycles. The topological polar surface area (TPSA) is 108 Å². The summed E-state index contributed by atoms with van der Waals surface area (Å²) in [7, 11) is 0. The predicted molar refractivity (Wildman–Crippen MR) is 134 cm³/mol. The number of hydrogen-bond acceptors (Lipinski definition) is 7. The minimum Gasteiger partial charge on any atom is -0.487 e. The Morgan fingerprint density at radius 1 is 0.833 bits per heavy atom. The lowest BCUT2D eigenvalue weighted by atomic mass is 10.1. The van der Waals surface area contributed by atoms with Crippen LogP contribution in [0.25, 0.3) is 33.2 Å². The lowest BCUT2D eigenvalue weighted by molar-refractivity contribution is 0.0996. The van der Waals surface area contributed by atoms with Crippen molar-refractivity contribution >= 4 is 21.8 Å². The van der Waals surface area contributed by atoms with Gasteiger partial charge in [-0.2, -0.15) is 5.21 Å². The molecule has 0 spiro atoms. The van der Waals surface area contributed by atoms with E-state index in [0.717, 1.165) is 33.3 Å². The number of nitrogens with one attached hydrogen (secondary N) is 1. The Labute approximate surface area is 204 Å². The molecule has 0 aliphatic carbocycles. The number of hydrogen-bond donors (Lipinski definition) is 1. The van der Waals surface area contributed by atoms with Crippen molar-refractivity contribution < 1.29 is 9.57 Å². The maximum atomic E-state index is 13.1. The van der Waals surface area contributed by atoms with Gasteiger partial charge in [0.1, 0.15) is 19.0 Å². The Morgan fingerprint density at radius 3 is 2.47 bits per heavy atom. The Balaban J connectivity index is 1.17. The Kier molecular flexibility index (Phi) is 5.55. The Hall–Kier alpha value is -5.05. The Bertz CT molecular complexity index is 1710. The van der Waals surface area contributed by atoms with E-state index in [-0.39, 0.29) is 18.0 Å². The van der Waals surface area contributed by atoms with Gasteiger partial charge in [-0.15, -0.1) is 14.9 Å². The van der Waals surface area contributed by atoms with Crippen molar-refractivity contribution in [2.24, 2.45) is 0 Å². The van der Waals surface area contributed by atoms with E-state index < -0.39 is 0 Å². The van der Waals surface area contributed by atoms with Crippen LogP contribution in [0.4, 0.5) is 0 Å². The molecule has 0 saturated carbocycles. The summed E-state index contributed by atoms with van der Waals surface area (Å²) in [6.07, 6.45) is 0. The van der Waals surface area contributed by atoms with Crippen molar-refractivity contribution in [2.75, 3.05) is 0 Å². The lowest BCUT2D eigenvalue weighted by Crippen LogP contribution is -2.28. The van der Waals surface area contributed by atoms with E-state index in [0.29, 0.717) is 17.7 Å². The fourth-order valence-corrected chi connectivity index (χ4v) is 3.96. The van der Waals surface area contributed by atoms with Crippen LogP contribution in [0.15, 0.2) is 95.8 Å².